The van der Waals surface area contributed by atoms with Gasteiger partial charge in [0.25, 0.3) is 10.0 Å². The molecule has 0 saturated heterocycles. The molecule has 1 fully saturated rings. The maximum absolute atomic E-state index is 12.5. The Morgan fingerprint density at radius 3 is 2.35 bits per heavy atom. The Bertz CT molecular complexity index is 596. The summed E-state index contributed by atoms with van der Waals surface area (Å²) < 4.78 is 28.4. The van der Waals surface area contributed by atoms with Crippen molar-refractivity contribution in [2.45, 2.75) is 54.7 Å². The first-order chi connectivity index (χ1) is 9.49. The average molecular weight is 377 g/mol. The Labute approximate surface area is 132 Å². The maximum Gasteiger partial charge on any atom is 0.252 e. The Morgan fingerprint density at radius 2 is 1.85 bits per heavy atom. The zero-order chi connectivity index (χ0) is 14.6. The van der Waals surface area contributed by atoms with Crippen LogP contribution in [0.2, 0.25) is 0 Å². The van der Waals surface area contributed by atoms with Crippen LogP contribution in [0.1, 0.15) is 44.9 Å². The standard InChI is InChI=1S/C13H17BrN2O2S2/c14-11-6-9-19-12(11)20(17,18)16-13(10-15)7-4-2-1-3-5-8-13/h6,9,16H,1-5,7-8H2. The van der Waals surface area contributed by atoms with Crippen LogP contribution >= 0.6 is 27.3 Å². The van der Waals surface area contributed by atoms with Gasteiger partial charge in [-0.25, -0.2) is 8.42 Å². The third-order valence-corrected chi connectivity index (χ3v) is 7.79. The lowest BCUT2D eigenvalue weighted by Gasteiger charge is -2.29. The quantitative estimate of drug-likeness (QED) is 0.871. The van der Waals surface area contributed by atoms with Crippen molar-refractivity contribution >= 4 is 37.3 Å². The lowest BCUT2D eigenvalue weighted by molar-refractivity contribution is 0.357. The molecule has 1 N–H and O–H groups in total. The molecule has 20 heavy (non-hydrogen) atoms. The smallest absolute Gasteiger partial charge is 0.206 e. The normalized spacial score (nSPS) is 19.8. The van der Waals surface area contributed by atoms with E-state index in [4.69, 9.17) is 0 Å². The van der Waals surface area contributed by atoms with E-state index in [0.717, 1.165) is 37.0 Å². The summed E-state index contributed by atoms with van der Waals surface area (Å²) >= 11 is 4.40. The lowest BCUT2D eigenvalue weighted by atomic mass is 9.86. The second-order valence-electron chi connectivity index (χ2n) is 5.12. The molecule has 1 heterocycles. The fourth-order valence-electron chi connectivity index (χ4n) is 2.52. The number of nitriles is 1. The zero-order valence-electron chi connectivity index (χ0n) is 11.1. The molecule has 1 aromatic heterocycles. The highest BCUT2D eigenvalue weighted by Crippen LogP contribution is 2.32. The molecule has 0 spiro atoms. The molecule has 4 nitrogen and oxygen atoms in total. The summed E-state index contributed by atoms with van der Waals surface area (Å²) in [6.45, 7) is 0. The summed E-state index contributed by atoms with van der Waals surface area (Å²) in [6.07, 6.45) is 6.26. The van der Waals surface area contributed by atoms with Gasteiger partial charge in [-0.3, -0.25) is 0 Å². The van der Waals surface area contributed by atoms with Crippen molar-refractivity contribution < 1.29 is 8.42 Å². The van der Waals surface area contributed by atoms with Crippen molar-refractivity contribution in [1.29, 1.82) is 5.26 Å². The van der Waals surface area contributed by atoms with Crippen LogP contribution < -0.4 is 4.72 Å². The molecule has 2 rings (SSSR count). The second kappa shape index (κ2) is 6.56. The van der Waals surface area contributed by atoms with Crippen molar-refractivity contribution in [3.05, 3.63) is 15.9 Å². The van der Waals surface area contributed by atoms with Gasteiger partial charge in [-0.2, -0.15) is 9.98 Å². The van der Waals surface area contributed by atoms with E-state index < -0.39 is 15.6 Å². The average Bonchev–Trinajstić information content (AvgIpc) is 2.80. The molecule has 1 aliphatic carbocycles. The van der Waals surface area contributed by atoms with Crippen LogP contribution in [-0.4, -0.2) is 14.0 Å². The molecule has 0 unspecified atom stereocenters. The van der Waals surface area contributed by atoms with Crippen LogP contribution in [0, 0.1) is 11.3 Å². The Morgan fingerprint density at radius 1 is 1.25 bits per heavy atom. The summed E-state index contributed by atoms with van der Waals surface area (Å²) in [7, 11) is -3.65. The summed E-state index contributed by atoms with van der Waals surface area (Å²) in [5.41, 5.74) is -0.956. The second-order valence-corrected chi connectivity index (χ2v) is 8.77. The molecule has 0 radical (unpaired) electrons. The van der Waals surface area contributed by atoms with Gasteiger partial charge in [0.05, 0.1) is 6.07 Å². The highest BCUT2D eigenvalue weighted by Gasteiger charge is 2.36. The molecule has 0 atom stereocenters. The zero-order valence-corrected chi connectivity index (χ0v) is 14.3. The minimum Gasteiger partial charge on any atom is -0.206 e. The molecule has 1 saturated carbocycles. The first-order valence-electron chi connectivity index (χ1n) is 6.67. The number of nitrogens with zero attached hydrogens (tertiary/aromatic N) is 1. The fraction of sp³-hybridized carbons (Fsp3) is 0.615. The summed E-state index contributed by atoms with van der Waals surface area (Å²) in [4.78, 5) is 0. The summed E-state index contributed by atoms with van der Waals surface area (Å²) in [5, 5.41) is 11.2. The van der Waals surface area contributed by atoms with Crippen LogP contribution in [0.5, 0.6) is 0 Å². The number of rotatable bonds is 3. The number of hydrogen-bond donors (Lipinski definition) is 1. The van der Waals surface area contributed by atoms with Gasteiger partial charge >= 0.3 is 0 Å². The van der Waals surface area contributed by atoms with Crippen LogP contribution in [0.3, 0.4) is 0 Å². The van der Waals surface area contributed by atoms with Gasteiger partial charge in [0, 0.05) is 4.47 Å². The molecule has 1 aromatic rings. The van der Waals surface area contributed by atoms with Crippen LogP contribution in [0.25, 0.3) is 0 Å². The van der Waals surface area contributed by atoms with Crippen molar-refractivity contribution in [2.24, 2.45) is 0 Å². The topological polar surface area (TPSA) is 70.0 Å². The Kier molecular flexibility index (Phi) is 5.24. The van der Waals surface area contributed by atoms with E-state index in [2.05, 4.69) is 26.7 Å². The first kappa shape index (κ1) is 16.0. The number of hydrogen-bond acceptors (Lipinski definition) is 4. The number of nitrogens with one attached hydrogen (secondary N) is 1. The fourth-order valence-corrected chi connectivity index (χ4v) is 6.24. The summed E-state index contributed by atoms with van der Waals surface area (Å²) in [6, 6.07) is 3.93. The maximum atomic E-state index is 12.5. The molecular weight excluding hydrogens is 360 g/mol. The van der Waals surface area contributed by atoms with Crippen LogP contribution in [-0.2, 0) is 10.0 Å². The predicted octanol–water partition coefficient (Wildman–Crippen LogP) is 3.80. The molecule has 0 aliphatic heterocycles. The highest BCUT2D eigenvalue weighted by atomic mass is 79.9. The number of sulfonamides is 1. The first-order valence-corrected chi connectivity index (χ1v) is 9.83. The lowest BCUT2D eigenvalue weighted by Crippen LogP contribution is -2.47. The van der Waals surface area contributed by atoms with Crippen molar-refractivity contribution in [3.8, 4) is 6.07 Å². The van der Waals surface area contributed by atoms with E-state index in [0.29, 0.717) is 17.3 Å². The van der Waals surface area contributed by atoms with Gasteiger partial charge in [0.2, 0.25) is 0 Å². The monoisotopic (exact) mass is 376 g/mol. The minimum atomic E-state index is -3.65. The van der Waals surface area contributed by atoms with Gasteiger partial charge < -0.3 is 0 Å². The van der Waals surface area contributed by atoms with E-state index >= 15 is 0 Å². The number of thiophene rings is 1. The number of halogens is 1. The van der Waals surface area contributed by atoms with E-state index in [1.807, 2.05) is 0 Å². The van der Waals surface area contributed by atoms with Crippen molar-refractivity contribution in [1.82, 2.24) is 4.72 Å². The molecule has 7 heteroatoms. The molecule has 0 amide bonds. The van der Waals surface area contributed by atoms with Gasteiger partial charge in [0.15, 0.2) is 0 Å². The third kappa shape index (κ3) is 3.61. The van der Waals surface area contributed by atoms with E-state index in [9.17, 15) is 13.7 Å². The van der Waals surface area contributed by atoms with Crippen molar-refractivity contribution in [2.75, 3.05) is 0 Å². The minimum absolute atomic E-state index is 0.245. The van der Waals surface area contributed by atoms with Crippen molar-refractivity contribution in [3.63, 3.8) is 0 Å². The van der Waals surface area contributed by atoms with Crippen LogP contribution in [0.15, 0.2) is 20.1 Å². The molecule has 1 aliphatic rings. The van der Waals surface area contributed by atoms with E-state index in [1.54, 1.807) is 11.4 Å². The summed E-state index contributed by atoms with van der Waals surface area (Å²) in [5.74, 6) is 0. The van der Waals surface area contributed by atoms with Crippen LogP contribution in [0.4, 0.5) is 0 Å². The molecule has 110 valence electrons. The molecule has 0 aromatic carbocycles. The Hall–Kier alpha value is -0.420. The van der Waals surface area contributed by atoms with Gasteiger partial charge in [-0.15, -0.1) is 11.3 Å². The van der Waals surface area contributed by atoms with E-state index in [1.165, 1.54) is 6.42 Å². The SMILES string of the molecule is N#CC1(NS(=O)(=O)c2sccc2Br)CCCCCCC1. The van der Waals surface area contributed by atoms with Gasteiger partial charge in [-0.1, -0.05) is 32.1 Å². The highest BCUT2D eigenvalue weighted by molar-refractivity contribution is 9.10. The largest absolute Gasteiger partial charge is 0.252 e. The van der Waals surface area contributed by atoms with Gasteiger partial charge in [-0.05, 0) is 40.2 Å². The Balaban J connectivity index is 2.25. The predicted molar refractivity (Wildman–Crippen MR) is 83.0 cm³/mol. The van der Waals surface area contributed by atoms with E-state index in [-0.39, 0.29) is 4.21 Å². The molecule has 0 bridgehead atoms. The van der Waals surface area contributed by atoms with Gasteiger partial charge in [0.1, 0.15) is 9.75 Å². The third-order valence-electron chi connectivity index (χ3n) is 3.58. The molecular formula is C13H17BrN2O2S2.